The van der Waals surface area contributed by atoms with E-state index in [1.807, 2.05) is 0 Å². The van der Waals surface area contributed by atoms with E-state index in [0.29, 0.717) is 0 Å². The van der Waals surface area contributed by atoms with Crippen LogP contribution in [0.15, 0.2) is 30.3 Å². The molecule has 0 N–H and O–H groups in total. The summed E-state index contributed by atoms with van der Waals surface area (Å²) < 4.78 is 111. The standard InChI is InChI=1S/C15H13ClF8O3/c16-10(7-27-11(25)9-4-2-1-3-5-9)6-26-8-13(19,20)15(23,24)14(21,22)12(17)18/h1-5,10,12H,6-8H2. The van der Waals surface area contributed by atoms with Crippen molar-refractivity contribution in [1.82, 2.24) is 0 Å². The van der Waals surface area contributed by atoms with E-state index >= 15 is 0 Å². The second-order valence-electron chi connectivity index (χ2n) is 5.28. The Morgan fingerprint density at radius 3 is 2.07 bits per heavy atom. The summed E-state index contributed by atoms with van der Waals surface area (Å²) in [5.41, 5.74) is 0.155. The Kier molecular flexibility index (Phi) is 7.85. The molecule has 12 heteroatoms. The summed E-state index contributed by atoms with van der Waals surface area (Å²) in [6, 6.07) is 7.52. The maximum absolute atomic E-state index is 13.2. The van der Waals surface area contributed by atoms with Crippen molar-refractivity contribution in [3.8, 4) is 0 Å². The topological polar surface area (TPSA) is 35.5 Å². The molecule has 1 rings (SSSR count). The number of benzene rings is 1. The van der Waals surface area contributed by atoms with Gasteiger partial charge in [-0.3, -0.25) is 0 Å². The van der Waals surface area contributed by atoms with E-state index in [4.69, 9.17) is 16.3 Å². The molecule has 1 atom stereocenters. The highest BCUT2D eigenvalue weighted by Gasteiger charge is 2.75. The van der Waals surface area contributed by atoms with Crippen molar-refractivity contribution in [2.45, 2.75) is 29.6 Å². The van der Waals surface area contributed by atoms with Crippen molar-refractivity contribution >= 4 is 17.6 Å². The highest BCUT2D eigenvalue weighted by molar-refractivity contribution is 6.20. The monoisotopic (exact) mass is 428 g/mol. The SMILES string of the molecule is O=C(OCC(Cl)COCC(F)(F)C(F)(F)C(F)(F)C(F)F)c1ccccc1. The lowest BCUT2D eigenvalue weighted by atomic mass is 10.1. The van der Waals surface area contributed by atoms with E-state index in [2.05, 4.69) is 4.74 Å². The molecule has 3 nitrogen and oxygen atoms in total. The van der Waals surface area contributed by atoms with E-state index in [-0.39, 0.29) is 5.56 Å². The minimum atomic E-state index is -6.35. The summed E-state index contributed by atoms with van der Waals surface area (Å²) in [4.78, 5) is 11.6. The Labute approximate surface area is 153 Å². The van der Waals surface area contributed by atoms with Gasteiger partial charge in [-0.05, 0) is 12.1 Å². The number of esters is 1. The summed E-state index contributed by atoms with van der Waals surface area (Å²) in [6.45, 7) is -3.75. The zero-order valence-corrected chi connectivity index (χ0v) is 14.0. The zero-order chi connectivity index (χ0) is 20.9. The van der Waals surface area contributed by atoms with Gasteiger partial charge in [0, 0.05) is 0 Å². The van der Waals surface area contributed by atoms with Crippen LogP contribution in [0.4, 0.5) is 35.1 Å². The Morgan fingerprint density at radius 2 is 1.56 bits per heavy atom. The number of carbonyl (C=O) groups is 1. The second kappa shape index (κ2) is 9.05. The molecular formula is C15H13ClF8O3. The van der Waals surface area contributed by atoms with Crippen LogP contribution in [-0.2, 0) is 9.47 Å². The third-order valence-corrected chi connectivity index (χ3v) is 3.39. The molecule has 0 aliphatic carbocycles. The molecule has 0 fully saturated rings. The highest BCUT2D eigenvalue weighted by atomic mass is 35.5. The van der Waals surface area contributed by atoms with E-state index in [9.17, 15) is 39.9 Å². The molecule has 0 amide bonds. The molecule has 0 aromatic heterocycles. The predicted octanol–water partition coefficient (Wildman–Crippen LogP) is 4.64. The number of hydrogen-bond donors (Lipinski definition) is 0. The summed E-state index contributed by atoms with van der Waals surface area (Å²) in [7, 11) is 0. The predicted molar refractivity (Wildman–Crippen MR) is 78.0 cm³/mol. The first-order valence-corrected chi connectivity index (χ1v) is 7.62. The molecule has 0 aliphatic rings. The zero-order valence-electron chi connectivity index (χ0n) is 13.3. The first kappa shape index (κ1) is 23.4. The van der Waals surface area contributed by atoms with Crippen molar-refractivity contribution in [3.63, 3.8) is 0 Å². The van der Waals surface area contributed by atoms with Crippen molar-refractivity contribution in [2.75, 3.05) is 19.8 Å². The quantitative estimate of drug-likeness (QED) is 0.309. The molecule has 0 saturated carbocycles. The minimum Gasteiger partial charge on any atom is -0.460 e. The molecule has 0 spiro atoms. The smallest absolute Gasteiger partial charge is 0.380 e. The van der Waals surface area contributed by atoms with Gasteiger partial charge in [0.1, 0.15) is 13.2 Å². The van der Waals surface area contributed by atoms with Crippen LogP contribution in [0.1, 0.15) is 10.4 Å². The largest absolute Gasteiger partial charge is 0.460 e. The molecule has 0 heterocycles. The van der Waals surface area contributed by atoms with Crippen LogP contribution in [0, 0.1) is 0 Å². The van der Waals surface area contributed by atoms with Gasteiger partial charge >= 0.3 is 30.2 Å². The number of hydrogen-bond acceptors (Lipinski definition) is 3. The molecule has 1 aromatic carbocycles. The minimum absolute atomic E-state index is 0.155. The van der Waals surface area contributed by atoms with Gasteiger partial charge < -0.3 is 9.47 Å². The average molecular weight is 429 g/mol. The number of halogens is 9. The van der Waals surface area contributed by atoms with Crippen LogP contribution in [0.25, 0.3) is 0 Å². The van der Waals surface area contributed by atoms with E-state index in [0.717, 1.165) is 0 Å². The van der Waals surface area contributed by atoms with Crippen molar-refractivity contribution in [3.05, 3.63) is 35.9 Å². The Hall–Kier alpha value is -1.62. The van der Waals surface area contributed by atoms with E-state index in [1.54, 1.807) is 6.07 Å². The number of carbonyl (C=O) groups excluding carboxylic acids is 1. The fraction of sp³-hybridized carbons (Fsp3) is 0.533. The van der Waals surface area contributed by atoms with Gasteiger partial charge in [-0.15, -0.1) is 11.6 Å². The third kappa shape index (κ3) is 5.68. The summed E-state index contributed by atoms with van der Waals surface area (Å²) in [5.74, 6) is -19.0. The maximum atomic E-state index is 13.2. The Bertz CT molecular complexity index is 612. The molecule has 0 aliphatic heterocycles. The number of alkyl halides is 9. The number of rotatable bonds is 10. The van der Waals surface area contributed by atoms with Crippen LogP contribution in [0.5, 0.6) is 0 Å². The van der Waals surface area contributed by atoms with Gasteiger partial charge in [0.2, 0.25) is 0 Å². The van der Waals surface area contributed by atoms with Crippen LogP contribution < -0.4 is 0 Å². The van der Waals surface area contributed by atoms with E-state index in [1.165, 1.54) is 24.3 Å². The molecule has 1 aromatic rings. The lowest BCUT2D eigenvalue weighted by Gasteiger charge is -2.32. The first-order valence-electron chi connectivity index (χ1n) is 7.18. The molecule has 154 valence electrons. The third-order valence-electron chi connectivity index (χ3n) is 3.14. The van der Waals surface area contributed by atoms with E-state index < -0.39 is 55.4 Å². The fourth-order valence-corrected chi connectivity index (χ4v) is 1.81. The van der Waals surface area contributed by atoms with Crippen molar-refractivity contribution in [1.29, 1.82) is 0 Å². The lowest BCUT2D eigenvalue weighted by molar-refractivity contribution is -0.345. The Balaban J connectivity index is 2.50. The molecule has 1 unspecified atom stereocenters. The normalized spacial score (nSPS) is 14.3. The van der Waals surface area contributed by atoms with Crippen molar-refractivity contribution < 1.29 is 49.4 Å². The van der Waals surface area contributed by atoms with Gasteiger partial charge in [0.05, 0.1) is 17.5 Å². The van der Waals surface area contributed by atoms with Gasteiger partial charge in [-0.2, -0.15) is 26.3 Å². The summed E-state index contributed by atoms with van der Waals surface area (Å²) in [5, 5.41) is -1.28. The van der Waals surface area contributed by atoms with Crippen LogP contribution in [0.2, 0.25) is 0 Å². The van der Waals surface area contributed by atoms with Gasteiger partial charge in [0.15, 0.2) is 0 Å². The van der Waals surface area contributed by atoms with Crippen LogP contribution in [0.3, 0.4) is 0 Å². The van der Waals surface area contributed by atoms with Crippen molar-refractivity contribution in [2.24, 2.45) is 0 Å². The van der Waals surface area contributed by atoms with Crippen LogP contribution in [-0.4, -0.2) is 55.4 Å². The molecule has 27 heavy (non-hydrogen) atoms. The molecule has 0 bridgehead atoms. The highest BCUT2D eigenvalue weighted by Crippen LogP contribution is 2.48. The lowest BCUT2D eigenvalue weighted by Crippen LogP contribution is -2.59. The molecule has 0 saturated heterocycles. The average Bonchev–Trinajstić information content (AvgIpc) is 2.59. The molecule has 0 radical (unpaired) electrons. The second-order valence-corrected chi connectivity index (χ2v) is 5.90. The maximum Gasteiger partial charge on any atom is 0.380 e. The fourth-order valence-electron chi connectivity index (χ4n) is 1.66. The van der Waals surface area contributed by atoms with Crippen LogP contribution >= 0.6 is 11.6 Å². The number of ether oxygens (including phenoxy) is 2. The Morgan fingerprint density at radius 1 is 1.00 bits per heavy atom. The van der Waals surface area contributed by atoms with Gasteiger partial charge in [0.25, 0.3) is 0 Å². The summed E-state index contributed by atoms with van der Waals surface area (Å²) >= 11 is 5.59. The van der Waals surface area contributed by atoms with Gasteiger partial charge in [-0.1, -0.05) is 18.2 Å². The molecular weight excluding hydrogens is 416 g/mol. The summed E-state index contributed by atoms with van der Waals surface area (Å²) in [6.07, 6.45) is -5.00. The van der Waals surface area contributed by atoms with Gasteiger partial charge in [-0.25, -0.2) is 13.6 Å². The first-order chi connectivity index (χ1) is 12.3.